The van der Waals surface area contributed by atoms with Crippen LogP contribution in [0.5, 0.6) is 0 Å². The van der Waals surface area contributed by atoms with Crippen molar-refractivity contribution in [1.29, 1.82) is 0 Å². The highest BCUT2D eigenvalue weighted by Gasteiger charge is 2.18. The normalized spacial score (nSPS) is 10.8. The molecule has 0 spiro atoms. The van der Waals surface area contributed by atoms with Crippen LogP contribution in [0.1, 0.15) is 5.56 Å². The lowest BCUT2D eigenvalue weighted by molar-refractivity contribution is -0.113. The number of anilines is 1. The Morgan fingerprint density at radius 1 is 1.00 bits per heavy atom. The van der Waals surface area contributed by atoms with E-state index in [1.807, 2.05) is 4.72 Å². The molecule has 0 atom stereocenters. The molecule has 22 heavy (non-hydrogen) atoms. The van der Waals surface area contributed by atoms with Gasteiger partial charge in [-0.2, -0.15) is 8.42 Å². The summed E-state index contributed by atoms with van der Waals surface area (Å²) in [6.45, 7) is 3.60. The Morgan fingerprint density at radius 3 is 2.23 bits per heavy atom. The molecule has 114 valence electrons. The lowest BCUT2D eigenvalue weighted by Gasteiger charge is -2.11. The van der Waals surface area contributed by atoms with Crippen molar-refractivity contribution in [3.8, 4) is 0 Å². The van der Waals surface area contributed by atoms with Gasteiger partial charge >= 0.3 is 10.2 Å². The van der Waals surface area contributed by atoms with E-state index in [1.165, 1.54) is 12.1 Å². The molecule has 0 aliphatic heterocycles. The Kier molecular flexibility index (Phi) is 4.85. The summed E-state index contributed by atoms with van der Waals surface area (Å²) in [4.78, 5) is 12.0. The van der Waals surface area contributed by atoms with Crippen molar-refractivity contribution in [1.82, 2.24) is 4.72 Å². The molecule has 2 aromatic rings. The van der Waals surface area contributed by atoms with Gasteiger partial charge in [0.1, 0.15) is 0 Å². The quantitative estimate of drug-likeness (QED) is 0.824. The molecule has 5 nitrogen and oxygen atoms in total. The first-order valence-electron chi connectivity index (χ1n) is 6.23. The number of rotatable bonds is 5. The maximum absolute atomic E-state index is 12.0. The molecule has 0 saturated heterocycles. The van der Waals surface area contributed by atoms with E-state index in [1.54, 1.807) is 42.5 Å². The number of halogens is 1. The molecule has 0 saturated carbocycles. The number of hydrogen-bond acceptors (Lipinski definition) is 3. The van der Waals surface area contributed by atoms with E-state index in [4.69, 9.17) is 11.6 Å². The van der Waals surface area contributed by atoms with Gasteiger partial charge in [0.25, 0.3) is 5.91 Å². The van der Waals surface area contributed by atoms with Gasteiger partial charge in [0.2, 0.25) is 0 Å². The summed E-state index contributed by atoms with van der Waals surface area (Å²) in [7, 11) is -4.10. The predicted molar refractivity (Wildman–Crippen MR) is 87.6 cm³/mol. The summed E-state index contributed by atoms with van der Waals surface area (Å²) in [6, 6.07) is 14.9. The maximum atomic E-state index is 12.0. The second-order valence-electron chi connectivity index (χ2n) is 4.36. The molecule has 0 bridgehead atoms. The molecule has 0 aromatic heterocycles. The Hall–Kier alpha value is -2.31. The highest BCUT2D eigenvalue weighted by Crippen LogP contribution is 2.21. The van der Waals surface area contributed by atoms with Gasteiger partial charge in [0, 0.05) is 5.57 Å². The summed E-state index contributed by atoms with van der Waals surface area (Å²) in [6.07, 6.45) is 0. The van der Waals surface area contributed by atoms with Crippen LogP contribution < -0.4 is 9.44 Å². The lowest BCUT2D eigenvalue weighted by atomic mass is 10.1. The summed E-state index contributed by atoms with van der Waals surface area (Å²) in [5.74, 6) is -0.814. The summed E-state index contributed by atoms with van der Waals surface area (Å²) < 4.78 is 28.0. The fraction of sp³-hybridized carbons (Fsp3) is 0. The minimum absolute atomic E-state index is 0.0464. The van der Waals surface area contributed by atoms with E-state index in [0.29, 0.717) is 5.56 Å². The third-order valence-electron chi connectivity index (χ3n) is 2.74. The van der Waals surface area contributed by atoms with Crippen molar-refractivity contribution in [2.75, 3.05) is 4.72 Å². The van der Waals surface area contributed by atoms with Crippen LogP contribution in [0.4, 0.5) is 5.69 Å². The van der Waals surface area contributed by atoms with Crippen LogP contribution in [-0.4, -0.2) is 14.3 Å². The van der Waals surface area contributed by atoms with Crippen LogP contribution in [0.2, 0.25) is 5.02 Å². The topological polar surface area (TPSA) is 75.3 Å². The first-order chi connectivity index (χ1) is 10.4. The van der Waals surface area contributed by atoms with Crippen LogP contribution in [0.15, 0.2) is 61.2 Å². The van der Waals surface area contributed by atoms with E-state index in [-0.39, 0.29) is 16.3 Å². The predicted octanol–water partition coefficient (Wildman–Crippen LogP) is 2.83. The van der Waals surface area contributed by atoms with Gasteiger partial charge in [-0.15, -0.1) is 0 Å². The van der Waals surface area contributed by atoms with E-state index < -0.39 is 16.1 Å². The largest absolute Gasteiger partial charge is 0.324 e. The molecule has 1 amide bonds. The third kappa shape index (κ3) is 4.09. The van der Waals surface area contributed by atoms with Gasteiger partial charge in [-0.3, -0.25) is 9.52 Å². The molecule has 0 radical (unpaired) electrons. The first kappa shape index (κ1) is 16.1. The minimum atomic E-state index is -4.10. The zero-order valence-corrected chi connectivity index (χ0v) is 13.0. The molecule has 0 heterocycles. The van der Waals surface area contributed by atoms with Crippen LogP contribution in [0.3, 0.4) is 0 Å². The average molecular weight is 337 g/mol. The third-order valence-corrected chi connectivity index (χ3v) is 4.01. The standard InChI is InChI=1S/C15H13ClN2O3S/c1-11(12-7-3-2-4-8-12)15(19)18-22(20,21)17-14-10-6-5-9-13(14)16/h2-10,17H,1H2,(H,18,19). The van der Waals surface area contributed by atoms with Crippen molar-refractivity contribution >= 4 is 39.0 Å². The Balaban J connectivity index is 2.10. The van der Waals surface area contributed by atoms with Gasteiger partial charge in [-0.05, 0) is 17.7 Å². The van der Waals surface area contributed by atoms with Crippen LogP contribution in [0, 0.1) is 0 Å². The van der Waals surface area contributed by atoms with Gasteiger partial charge in [-0.1, -0.05) is 60.6 Å². The summed E-state index contributed by atoms with van der Waals surface area (Å²) in [5.41, 5.74) is 0.757. The lowest BCUT2D eigenvalue weighted by Crippen LogP contribution is -2.35. The van der Waals surface area contributed by atoms with Crippen molar-refractivity contribution in [2.24, 2.45) is 0 Å². The second kappa shape index (κ2) is 6.64. The molecule has 7 heteroatoms. The van der Waals surface area contributed by atoms with Crippen molar-refractivity contribution in [3.63, 3.8) is 0 Å². The second-order valence-corrected chi connectivity index (χ2v) is 6.18. The van der Waals surface area contributed by atoms with Gasteiger partial charge in [0.05, 0.1) is 10.7 Å². The number of carbonyl (C=O) groups excluding carboxylic acids is 1. The van der Waals surface area contributed by atoms with Gasteiger partial charge in [-0.25, -0.2) is 4.72 Å². The zero-order valence-electron chi connectivity index (χ0n) is 11.4. The van der Waals surface area contributed by atoms with Crippen molar-refractivity contribution in [2.45, 2.75) is 0 Å². The molecule has 0 aliphatic carbocycles. The molecular formula is C15H13ClN2O3S. The minimum Gasteiger partial charge on any atom is -0.268 e. The Morgan fingerprint density at radius 2 is 1.59 bits per heavy atom. The number of benzene rings is 2. The maximum Gasteiger partial charge on any atom is 0.324 e. The van der Waals surface area contributed by atoms with Crippen molar-refractivity contribution in [3.05, 3.63) is 71.8 Å². The summed E-state index contributed by atoms with van der Waals surface area (Å²) >= 11 is 5.87. The SMILES string of the molecule is C=C(C(=O)NS(=O)(=O)Nc1ccccc1Cl)c1ccccc1. The number of amides is 1. The Bertz CT molecular complexity index is 805. The molecule has 2 aromatic carbocycles. The van der Waals surface area contributed by atoms with Crippen LogP contribution in [-0.2, 0) is 15.0 Å². The molecule has 0 fully saturated rings. The molecule has 0 unspecified atom stereocenters. The monoisotopic (exact) mass is 336 g/mol. The highest BCUT2D eigenvalue weighted by molar-refractivity contribution is 7.91. The molecule has 2 N–H and O–H groups in total. The number of para-hydroxylation sites is 1. The number of hydrogen-bond donors (Lipinski definition) is 2. The smallest absolute Gasteiger partial charge is 0.268 e. The molecular weight excluding hydrogens is 324 g/mol. The van der Waals surface area contributed by atoms with E-state index >= 15 is 0 Å². The molecule has 0 aliphatic rings. The van der Waals surface area contributed by atoms with E-state index in [0.717, 1.165) is 0 Å². The van der Waals surface area contributed by atoms with Gasteiger partial charge in [0.15, 0.2) is 0 Å². The number of nitrogens with one attached hydrogen (secondary N) is 2. The van der Waals surface area contributed by atoms with Crippen LogP contribution >= 0.6 is 11.6 Å². The van der Waals surface area contributed by atoms with Crippen LogP contribution in [0.25, 0.3) is 5.57 Å². The number of carbonyl (C=O) groups is 1. The van der Waals surface area contributed by atoms with E-state index in [9.17, 15) is 13.2 Å². The van der Waals surface area contributed by atoms with Gasteiger partial charge < -0.3 is 0 Å². The fourth-order valence-corrected chi connectivity index (χ4v) is 2.79. The first-order valence-corrected chi connectivity index (χ1v) is 8.09. The average Bonchev–Trinajstić information content (AvgIpc) is 2.49. The summed E-state index contributed by atoms with van der Waals surface area (Å²) in [5, 5.41) is 0.224. The fourth-order valence-electron chi connectivity index (χ4n) is 1.67. The molecule has 2 rings (SSSR count). The van der Waals surface area contributed by atoms with Crippen molar-refractivity contribution < 1.29 is 13.2 Å². The Labute approximate surface area is 133 Å². The highest BCUT2D eigenvalue weighted by atomic mass is 35.5. The van der Waals surface area contributed by atoms with E-state index in [2.05, 4.69) is 11.3 Å². The zero-order chi connectivity index (χ0) is 16.2.